The van der Waals surface area contributed by atoms with Gasteiger partial charge in [-0.05, 0) is 13.8 Å². The van der Waals surface area contributed by atoms with Crippen LogP contribution in [0.2, 0.25) is 0 Å². The molecular formula is C15H20O5. The lowest BCUT2D eigenvalue weighted by Gasteiger charge is -2.34. The van der Waals surface area contributed by atoms with Crippen LogP contribution < -0.4 is 0 Å². The predicted molar refractivity (Wildman–Crippen MR) is 73.7 cm³/mol. The Labute approximate surface area is 118 Å². The van der Waals surface area contributed by atoms with Crippen LogP contribution >= 0.6 is 0 Å². The summed E-state index contributed by atoms with van der Waals surface area (Å²) in [6.45, 7) is 7.25. The zero-order valence-electron chi connectivity index (χ0n) is 11.7. The molecule has 0 radical (unpaired) electrons. The molecule has 2 atom stereocenters. The zero-order chi connectivity index (χ0) is 15.0. The highest BCUT2D eigenvalue weighted by atomic mass is 16.8. The van der Waals surface area contributed by atoms with Gasteiger partial charge in [-0.15, -0.1) is 0 Å². The summed E-state index contributed by atoms with van der Waals surface area (Å²) in [5.41, 5.74) is 0.442. The van der Waals surface area contributed by atoms with Crippen molar-refractivity contribution >= 4 is 5.97 Å². The van der Waals surface area contributed by atoms with Crippen LogP contribution in [0.5, 0.6) is 0 Å². The average Bonchev–Trinajstić information content (AvgIpc) is 2.47. The first kappa shape index (κ1) is 16.4. The molecule has 20 heavy (non-hydrogen) atoms. The minimum atomic E-state index is -1.87. The van der Waals surface area contributed by atoms with Gasteiger partial charge in [-0.25, -0.2) is 4.79 Å². The van der Waals surface area contributed by atoms with Crippen molar-refractivity contribution < 1.29 is 24.1 Å². The van der Waals surface area contributed by atoms with Crippen LogP contribution in [0.1, 0.15) is 19.4 Å². The zero-order valence-corrected chi connectivity index (χ0v) is 11.7. The molecule has 0 bridgehead atoms. The number of carbonyl (C=O) groups excluding carboxylic acids is 1. The van der Waals surface area contributed by atoms with E-state index in [4.69, 9.17) is 14.2 Å². The van der Waals surface area contributed by atoms with E-state index in [0.717, 1.165) is 6.08 Å². The third-order valence-corrected chi connectivity index (χ3v) is 2.58. The molecule has 1 aromatic rings. The predicted octanol–water partition coefficient (Wildman–Crippen LogP) is 1.96. The van der Waals surface area contributed by atoms with Crippen molar-refractivity contribution in [1.82, 2.24) is 0 Å². The minimum absolute atomic E-state index is 0.223. The number of ether oxygens (including phenoxy) is 3. The summed E-state index contributed by atoms with van der Waals surface area (Å²) in [6.07, 6.45) is -0.274. The van der Waals surface area contributed by atoms with Crippen molar-refractivity contribution in [3.05, 3.63) is 48.6 Å². The molecule has 2 unspecified atom stereocenters. The molecule has 1 N–H and O–H groups in total. The summed E-state index contributed by atoms with van der Waals surface area (Å²) in [7, 11) is 0. The van der Waals surface area contributed by atoms with Gasteiger partial charge in [-0.2, -0.15) is 0 Å². The lowest BCUT2D eigenvalue weighted by molar-refractivity contribution is -0.333. The molecule has 0 fully saturated rings. The second-order valence-corrected chi connectivity index (χ2v) is 3.92. The number of esters is 1. The van der Waals surface area contributed by atoms with Crippen molar-refractivity contribution in [2.24, 2.45) is 0 Å². The number of carbonyl (C=O) groups is 1. The van der Waals surface area contributed by atoms with Crippen molar-refractivity contribution in [2.45, 2.75) is 25.9 Å². The lowest BCUT2D eigenvalue weighted by Crippen LogP contribution is -2.46. The highest BCUT2D eigenvalue weighted by Crippen LogP contribution is 2.29. The van der Waals surface area contributed by atoms with E-state index in [9.17, 15) is 9.90 Å². The number of aliphatic hydroxyl groups is 1. The van der Waals surface area contributed by atoms with Gasteiger partial charge in [0.15, 0.2) is 0 Å². The summed E-state index contributed by atoms with van der Waals surface area (Å²) >= 11 is 0. The van der Waals surface area contributed by atoms with Gasteiger partial charge >= 0.3 is 5.97 Å². The van der Waals surface area contributed by atoms with Crippen LogP contribution in [-0.2, 0) is 24.8 Å². The van der Waals surface area contributed by atoms with Gasteiger partial charge in [-0.3, -0.25) is 0 Å². The molecule has 0 saturated carbocycles. The van der Waals surface area contributed by atoms with Gasteiger partial charge in [0.05, 0.1) is 0 Å². The SMILES string of the molecule is C=CC(=O)OC(OCC)C(O)(OCC)c1ccccc1. The quantitative estimate of drug-likeness (QED) is 0.448. The number of benzene rings is 1. The fraction of sp³-hybridized carbons (Fsp3) is 0.400. The van der Waals surface area contributed by atoms with Crippen LogP contribution in [0.4, 0.5) is 0 Å². The van der Waals surface area contributed by atoms with Crippen LogP contribution in [0.25, 0.3) is 0 Å². The van der Waals surface area contributed by atoms with E-state index >= 15 is 0 Å². The lowest BCUT2D eigenvalue weighted by atomic mass is 10.1. The highest BCUT2D eigenvalue weighted by Gasteiger charge is 2.43. The molecule has 0 aliphatic carbocycles. The van der Waals surface area contributed by atoms with Gasteiger partial charge < -0.3 is 19.3 Å². The topological polar surface area (TPSA) is 65.0 Å². The maximum Gasteiger partial charge on any atom is 0.332 e. The third-order valence-electron chi connectivity index (χ3n) is 2.58. The molecule has 1 rings (SSSR count). The fourth-order valence-electron chi connectivity index (χ4n) is 1.72. The molecular weight excluding hydrogens is 260 g/mol. The number of hydrogen-bond acceptors (Lipinski definition) is 5. The maximum atomic E-state index is 11.4. The normalized spacial score (nSPS) is 15.2. The number of hydrogen-bond donors (Lipinski definition) is 1. The summed E-state index contributed by atoms with van der Waals surface area (Å²) in [5, 5.41) is 10.8. The van der Waals surface area contributed by atoms with Crippen LogP contribution in [0, 0.1) is 0 Å². The standard InChI is InChI=1S/C15H20O5/c1-4-13(16)20-14(18-5-2)15(17,19-6-3)12-10-8-7-9-11-12/h4,7-11,14,17H,1,5-6H2,2-3H3. The van der Waals surface area contributed by atoms with Crippen LogP contribution in [0.3, 0.4) is 0 Å². The third kappa shape index (κ3) is 3.90. The van der Waals surface area contributed by atoms with E-state index in [1.807, 2.05) is 0 Å². The maximum absolute atomic E-state index is 11.4. The molecule has 5 heteroatoms. The van der Waals surface area contributed by atoms with E-state index in [0.29, 0.717) is 5.56 Å². The van der Waals surface area contributed by atoms with Gasteiger partial charge in [0, 0.05) is 24.9 Å². The van der Waals surface area contributed by atoms with E-state index in [1.54, 1.807) is 44.2 Å². The largest absolute Gasteiger partial charge is 0.426 e. The summed E-state index contributed by atoms with van der Waals surface area (Å²) in [4.78, 5) is 11.4. The Bertz CT molecular complexity index is 431. The fourth-order valence-corrected chi connectivity index (χ4v) is 1.72. The molecule has 0 aliphatic rings. The Kier molecular flexibility index (Phi) is 6.38. The molecule has 0 spiro atoms. The summed E-state index contributed by atoms with van der Waals surface area (Å²) in [5.74, 6) is -2.57. The molecule has 0 amide bonds. The number of rotatable bonds is 8. The molecule has 0 heterocycles. The van der Waals surface area contributed by atoms with Crippen LogP contribution in [0.15, 0.2) is 43.0 Å². The molecule has 110 valence electrons. The van der Waals surface area contributed by atoms with Crippen molar-refractivity contribution in [3.8, 4) is 0 Å². The first-order valence-corrected chi connectivity index (χ1v) is 6.45. The smallest absolute Gasteiger partial charge is 0.332 e. The Balaban J connectivity index is 3.11. The Morgan fingerprint density at radius 3 is 2.50 bits per heavy atom. The van der Waals surface area contributed by atoms with Crippen molar-refractivity contribution in [1.29, 1.82) is 0 Å². The second kappa shape index (κ2) is 7.79. The summed E-state index contributed by atoms with van der Waals surface area (Å²) in [6, 6.07) is 8.64. The van der Waals surface area contributed by atoms with Crippen molar-refractivity contribution in [3.63, 3.8) is 0 Å². The Hall–Kier alpha value is -1.69. The van der Waals surface area contributed by atoms with Gasteiger partial charge in [0.25, 0.3) is 12.1 Å². The van der Waals surface area contributed by atoms with E-state index < -0.39 is 18.0 Å². The summed E-state index contributed by atoms with van der Waals surface area (Å²) < 4.78 is 15.8. The Morgan fingerprint density at radius 2 is 2.00 bits per heavy atom. The molecule has 5 nitrogen and oxygen atoms in total. The van der Waals surface area contributed by atoms with E-state index in [2.05, 4.69) is 6.58 Å². The van der Waals surface area contributed by atoms with Gasteiger partial charge in [0.2, 0.25) is 0 Å². The minimum Gasteiger partial charge on any atom is -0.426 e. The van der Waals surface area contributed by atoms with E-state index in [1.165, 1.54) is 0 Å². The van der Waals surface area contributed by atoms with Gasteiger partial charge in [-0.1, -0.05) is 36.9 Å². The van der Waals surface area contributed by atoms with E-state index in [-0.39, 0.29) is 13.2 Å². The molecule has 0 aromatic heterocycles. The first-order valence-electron chi connectivity index (χ1n) is 6.45. The molecule has 1 aromatic carbocycles. The average molecular weight is 280 g/mol. The van der Waals surface area contributed by atoms with Crippen LogP contribution in [-0.4, -0.2) is 30.6 Å². The monoisotopic (exact) mass is 280 g/mol. The molecule has 0 saturated heterocycles. The first-order chi connectivity index (χ1) is 9.58. The Morgan fingerprint density at radius 1 is 1.35 bits per heavy atom. The molecule has 0 aliphatic heterocycles. The highest BCUT2D eigenvalue weighted by molar-refractivity contribution is 5.81. The van der Waals surface area contributed by atoms with Crippen molar-refractivity contribution in [2.75, 3.05) is 13.2 Å². The van der Waals surface area contributed by atoms with Gasteiger partial charge in [0.1, 0.15) is 0 Å². The second-order valence-electron chi connectivity index (χ2n) is 3.92.